The molecule has 106 valence electrons. The van der Waals surface area contributed by atoms with Crippen LogP contribution >= 0.6 is 0 Å². The zero-order valence-corrected chi connectivity index (χ0v) is 11.9. The summed E-state index contributed by atoms with van der Waals surface area (Å²) < 4.78 is 0. The lowest BCUT2D eigenvalue weighted by Gasteiger charge is -2.09. The van der Waals surface area contributed by atoms with Crippen LogP contribution in [0.4, 0.5) is 0 Å². The van der Waals surface area contributed by atoms with E-state index in [0.29, 0.717) is 11.5 Å². The van der Waals surface area contributed by atoms with Crippen molar-refractivity contribution in [2.75, 3.05) is 0 Å². The molecule has 0 aliphatic rings. The molecule has 2 rings (SSSR count). The number of aliphatic carboxylic acids is 1. The van der Waals surface area contributed by atoms with Crippen molar-refractivity contribution in [2.24, 2.45) is 5.92 Å². The molecule has 0 radical (unpaired) electrons. The van der Waals surface area contributed by atoms with Crippen molar-refractivity contribution in [1.82, 2.24) is 4.98 Å². The van der Waals surface area contributed by atoms with Crippen molar-refractivity contribution in [3.63, 3.8) is 0 Å². The molecule has 0 aliphatic carbocycles. The topological polar surface area (TPSA) is 70.2 Å². The number of carboxylic acid groups (broad SMARTS) is 1. The van der Waals surface area contributed by atoms with Gasteiger partial charge in [-0.1, -0.05) is 26.8 Å². The zero-order chi connectivity index (χ0) is 14.9. The molecule has 0 bridgehead atoms. The maximum atomic E-state index is 12.0. The standard InChI is InChI=1S/C16H19NO3/c1-9(2)11-4-5-14-12(7-11)8-13(15(18)17-14)6-10(3)16(19)20/h4-5,7-10H,6H2,1-3H3,(H,17,18)(H,19,20). The molecule has 1 unspecified atom stereocenters. The number of hydrogen-bond donors (Lipinski definition) is 2. The van der Waals surface area contributed by atoms with E-state index in [9.17, 15) is 9.59 Å². The summed E-state index contributed by atoms with van der Waals surface area (Å²) in [6.07, 6.45) is 0.243. The molecule has 2 aromatic rings. The maximum Gasteiger partial charge on any atom is 0.306 e. The molecular formula is C16H19NO3. The Morgan fingerprint density at radius 2 is 1.95 bits per heavy atom. The van der Waals surface area contributed by atoms with Gasteiger partial charge in [0.1, 0.15) is 0 Å². The smallest absolute Gasteiger partial charge is 0.306 e. The number of aromatic amines is 1. The van der Waals surface area contributed by atoms with E-state index in [1.807, 2.05) is 18.2 Å². The summed E-state index contributed by atoms with van der Waals surface area (Å²) in [6, 6.07) is 7.75. The fourth-order valence-electron chi connectivity index (χ4n) is 2.20. The first kappa shape index (κ1) is 14.3. The number of nitrogens with one attached hydrogen (secondary N) is 1. The molecular weight excluding hydrogens is 254 g/mol. The number of rotatable bonds is 4. The summed E-state index contributed by atoms with van der Waals surface area (Å²) in [7, 11) is 0. The van der Waals surface area contributed by atoms with Gasteiger partial charge in [-0.25, -0.2) is 0 Å². The lowest BCUT2D eigenvalue weighted by atomic mass is 9.98. The average Bonchev–Trinajstić information content (AvgIpc) is 2.38. The van der Waals surface area contributed by atoms with Gasteiger partial charge in [-0.2, -0.15) is 0 Å². The highest BCUT2D eigenvalue weighted by Crippen LogP contribution is 2.20. The Labute approximate surface area is 117 Å². The highest BCUT2D eigenvalue weighted by Gasteiger charge is 2.14. The quantitative estimate of drug-likeness (QED) is 0.899. The SMILES string of the molecule is CC(Cc1cc2cc(C(C)C)ccc2[nH]c1=O)C(=O)O. The Morgan fingerprint density at radius 1 is 1.25 bits per heavy atom. The summed E-state index contributed by atoms with van der Waals surface area (Å²) in [5.74, 6) is -1.05. The fraction of sp³-hybridized carbons (Fsp3) is 0.375. The van der Waals surface area contributed by atoms with Crippen molar-refractivity contribution < 1.29 is 9.90 Å². The molecule has 0 fully saturated rings. The molecule has 0 amide bonds. The second kappa shape index (κ2) is 5.49. The second-order valence-corrected chi connectivity index (χ2v) is 5.57. The number of fused-ring (bicyclic) bond motifs is 1. The number of carboxylic acids is 1. The molecule has 0 spiro atoms. The van der Waals surface area contributed by atoms with Crippen LogP contribution in [0.1, 0.15) is 37.8 Å². The monoisotopic (exact) mass is 273 g/mol. The van der Waals surface area contributed by atoms with Crippen LogP contribution in [-0.4, -0.2) is 16.1 Å². The third-order valence-electron chi connectivity index (χ3n) is 3.56. The van der Waals surface area contributed by atoms with Gasteiger partial charge in [0.2, 0.25) is 0 Å². The van der Waals surface area contributed by atoms with Crippen LogP contribution in [0, 0.1) is 5.92 Å². The van der Waals surface area contributed by atoms with Crippen molar-refractivity contribution in [3.05, 3.63) is 45.7 Å². The van der Waals surface area contributed by atoms with E-state index in [-0.39, 0.29) is 12.0 Å². The number of benzene rings is 1. The summed E-state index contributed by atoms with van der Waals surface area (Å²) in [6.45, 7) is 5.83. The van der Waals surface area contributed by atoms with Gasteiger partial charge in [-0.05, 0) is 41.5 Å². The normalized spacial score (nSPS) is 12.8. The van der Waals surface area contributed by atoms with Crippen LogP contribution in [0.25, 0.3) is 10.9 Å². The van der Waals surface area contributed by atoms with Gasteiger partial charge in [0.15, 0.2) is 0 Å². The van der Waals surface area contributed by atoms with E-state index < -0.39 is 11.9 Å². The summed E-state index contributed by atoms with van der Waals surface area (Å²) in [4.78, 5) is 25.7. The molecule has 0 saturated carbocycles. The molecule has 1 aromatic carbocycles. The summed E-state index contributed by atoms with van der Waals surface area (Å²) in [5, 5.41) is 9.90. The van der Waals surface area contributed by atoms with Crippen LogP contribution in [-0.2, 0) is 11.2 Å². The van der Waals surface area contributed by atoms with E-state index in [0.717, 1.165) is 10.9 Å². The van der Waals surface area contributed by atoms with E-state index in [1.54, 1.807) is 13.0 Å². The van der Waals surface area contributed by atoms with Gasteiger partial charge in [-0.3, -0.25) is 9.59 Å². The molecule has 20 heavy (non-hydrogen) atoms. The highest BCUT2D eigenvalue weighted by atomic mass is 16.4. The molecule has 2 N–H and O–H groups in total. The third kappa shape index (κ3) is 2.90. The van der Waals surface area contributed by atoms with Crippen molar-refractivity contribution in [3.8, 4) is 0 Å². The largest absolute Gasteiger partial charge is 0.481 e. The first-order chi connectivity index (χ1) is 9.38. The number of H-pyrrole nitrogens is 1. The Kier molecular flexibility index (Phi) is 3.93. The predicted octanol–water partition coefficient (Wildman–Crippen LogP) is 2.91. The van der Waals surface area contributed by atoms with Gasteiger partial charge in [0, 0.05) is 11.1 Å². The van der Waals surface area contributed by atoms with Crippen LogP contribution in [0.3, 0.4) is 0 Å². The van der Waals surface area contributed by atoms with Gasteiger partial charge >= 0.3 is 5.97 Å². The van der Waals surface area contributed by atoms with Gasteiger partial charge in [0.05, 0.1) is 5.92 Å². The van der Waals surface area contributed by atoms with Crippen LogP contribution in [0.15, 0.2) is 29.1 Å². The molecule has 0 saturated heterocycles. The minimum absolute atomic E-state index is 0.206. The molecule has 4 heteroatoms. The van der Waals surface area contributed by atoms with Gasteiger partial charge in [-0.15, -0.1) is 0 Å². The second-order valence-electron chi connectivity index (χ2n) is 5.57. The molecule has 1 aromatic heterocycles. The van der Waals surface area contributed by atoms with Crippen LogP contribution in [0.2, 0.25) is 0 Å². The van der Waals surface area contributed by atoms with Crippen molar-refractivity contribution in [1.29, 1.82) is 0 Å². The number of pyridine rings is 1. The van der Waals surface area contributed by atoms with Gasteiger partial charge in [0.25, 0.3) is 5.56 Å². The molecule has 1 atom stereocenters. The molecule has 0 aliphatic heterocycles. The van der Waals surface area contributed by atoms with E-state index >= 15 is 0 Å². The maximum absolute atomic E-state index is 12.0. The number of aromatic nitrogens is 1. The van der Waals surface area contributed by atoms with Gasteiger partial charge < -0.3 is 10.1 Å². The average molecular weight is 273 g/mol. The van der Waals surface area contributed by atoms with E-state index in [4.69, 9.17) is 5.11 Å². The minimum Gasteiger partial charge on any atom is -0.481 e. The first-order valence-electron chi connectivity index (χ1n) is 6.77. The van der Waals surface area contributed by atoms with Crippen LogP contribution in [0.5, 0.6) is 0 Å². The summed E-state index contributed by atoms with van der Waals surface area (Å²) in [5.41, 5.74) is 2.30. The molecule has 4 nitrogen and oxygen atoms in total. The first-order valence-corrected chi connectivity index (χ1v) is 6.77. The highest BCUT2D eigenvalue weighted by molar-refractivity contribution is 5.80. The van der Waals surface area contributed by atoms with E-state index in [2.05, 4.69) is 18.8 Å². The summed E-state index contributed by atoms with van der Waals surface area (Å²) >= 11 is 0. The van der Waals surface area contributed by atoms with Crippen LogP contribution < -0.4 is 5.56 Å². The Morgan fingerprint density at radius 3 is 2.55 bits per heavy atom. The lowest BCUT2D eigenvalue weighted by molar-refractivity contribution is -0.141. The Hall–Kier alpha value is -2.10. The Balaban J connectivity index is 2.48. The lowest BCUT2D eigenvalue weighted by Crippen LogP contribution is -2.19. The molecule has 1 heterocycles. The zero-order valence-electron chi connectivity index (χ0n) is 11.9. The fourth-order valence-corrected chi connectivity index (χ4v) is 2.20. The minimum atomic E-state index is -0.888. The Bertz CT molecular complexity index is 700. The predicted molar refractivity (Wildman–Crippen MR) is 79.2 cm³/mol. The number of hydrogen-bond acceptors (Lipinski definition) is 2. The van der Waals surface area contributed by atoms with Crippen molar-refractivity contribution in [2.45, 2.75) is 33.1 Å². The van der Waals surface area contributed by atoms with Crippen molar-refractivity contribution >= 4 is 16.9 Å². The third-order valence-corrected chi connectivity index (χ3v) is 3.56. The van der Waals surface area contributed by atoms with E-state index in [1.165, 1.54) is 5.56 Å². The number of carbonyl (C=O) groups is 1.